The number of H-pyrrole nitrogens is 1. The average Bonchev–Trinajstić information content (AvgIpc) is 2.61. The number of nitrogens with one attached hydrogen (secondary N) is 2. The van der Waals surface area contributed by atoms with Crippen LogP contribution >= 0.6 is 0 Å². The number of benzene rings is 1. The van der Waals surface area contributed by atoms with Crippen LogP contribution in [0.25, 0.3) is 5.69 Å². The Hall–Kier alpha value is -2.01. The van der Waals surface area contributed by atoms with Crippen molar-refractivity contribution in [2.75, 3.05) is 7.05 Å². The van der Waals surface area contributed by atoms with E-state index in [1.54, 1.807) is 42.2 Å². The van der Waals surface area contributed by atoms with Gasteiger partial charge in [0.25, 0.3) is 5.56 Å². The molecule has 0 atom stereocenters. The van der Waals surface area contributed by atoms with Crippen molar-refractivity contribution in [3.63, 3.8) is 0 Å². The van der Waals surface area contributed by atoms with Crippen LogP contribution in [0.5, 0.6) is 5.75 Å². The van der Waals surface area contributed by atoms with Crippen LogP contribution in [-0.4, -0.2) is 21.9 Å². The number of hydrogen-bond donors (Lipinski definition) is 3. The molecule has 0 aliphatic rings. The molecule has 5 heteroatoms. The van der Waals surface area contributed by atoms with Crippen molar-refractivity contribution in [1.82, 2.24) is 15.1 Å². The molecule has 0 bridgehead atoms. The Morgan fingerprint density at radius 1 is 1.50 bits per heavy atom. The topological polar surface area (TPSA) is 70.0 Å². The van der Waals surface area contributed by atoms with Crippen LogP contribution in [0.15, 0.2) is 35.3 Å². The van der Waals surface area contributed by atoms with Crippen molar-refractivity contribution in [2.24, 2.45) is 0 Å². The molecule has 2 aromatic rings. The normalized spacial score (nSPS) is 10.6. The van der Waals surface area contributed by atoms with Crippen LogP contribution in [0.3, 0.4) is 0 Å². The minimum Gasteiger partial charge on any atom is -0.508 e. The molecule has 5 nitrogen and oxygen atoms in total. The van der Waals surface area contributed by atoms with Gasteiger partial charge in [0.15, 0.2) is 0 Å². The predicted molar refractivity (Wildman–Crippen MR) is 60.8 cm³/mol. The molecule has 84 valence electrons. The zero-order chi connectivity index (χ0) is 11.5. The van der Waals surface area contributed by atoms with E-state index in [0.717, 1.165) is 5.69 Å². The van der Waals surface area contributed by atoms with Gasteiger partial charge in [0.2, 0.25) is 0 Å². The average molecular weight is 219 g/mol. The summed E-state index contributed by atoms with van der Waals surface area (Å²) in [6.45, 7) is 0.515. The predicted octanol–water partition coefficient (Wildman–Crippen LogP) is 0.591. The van der Waals surface area contributed by atoms with Gasteiger partial charge in [-0.15, -0.1) is 0 Å². The number of phenols is 1. The second-order valence-electron chi connectivity index (χ2n) is 3.52. The minimum atomic E-state index is -0.127. The summed E-state index contributed by atoms with van der Waals surface area (Å²) < 4.78 is 1.59. The van der Waals surface area contributed by atoms with E-state index in [4.69, 9.17) is 0 Å². The Bertz CT molecular complexity index is 542. The smallest absolute Gasteiger partial charge is 0.268 e. The molecule has 2 rings (SSSR count). The van der Waals surface area contributed by atoms with Crippen LogP contribution in [0.1, 0.15) is 5.56 Å². The summed E-state index contributed by atoms with van der Waals surface area (Å²) in [6.07, 6.45) is 1.72. The van der Waals surface area contributed by atoms with Crippen LogP contribution in [0.4, 0.5) is 0 Å². The third kappa shape index (κ3) is 1.99. The number of hydrogen-bond acceptors (Lipinski definition) is 3. The zero-order valence-corrected chi connectivity index (χ0v) is 8.90. The van der Waals surface area contributed by atoms with Crippen molar-refractivity contribution >= 4 is 0 Å². The molecule has 0 saturated carbocycles. The van der Waals surface area contributed by atoms with Crippen molar-refractivity contribution in [2.45, 2.75) is 6.54 Å². The number of aromatic nitrogens is 2. The largest absolute Gasteiger partial charge is 0.508 e. The molecule has 0 unspecified atom stereocenters. The molecule has 1 aromatic heterocycles. The highest BCUT2D eigenvalue weighted by molar-refractivity contribution is 5.38. The Kier molecular flexibility index (Phi) is 2.78. The fourth-order valence-electron chi connectivity index (χ4n) is 1.53. The molecule has 0 aliphatic heterocycles. The summed E-state index contributed by atoms with van der Waals surface area (Å²) in [5, 5.41) is 14.9. The van der Waals surface area contributed by atoms with E-state index in [0.29, 0.717) is 12.1 Å². The second-order valence-corrected chi connectivity index (χ2v) is 3.52. The third-order valence-electron chi connectivity index (χ3n) is 2.27. The fourth-order valence-corrected chi connectivity index (χ4v) is 1.53. The van der Waals surface area contributed by atoms with E-state index in [1.165, 1.54) is 0 Å². The third-order valence-corrected chi connectivity index (χ3v) is 2.27. The molecule has 0 spiro atoms. The standard InChI is InChI=1S/C11H13N3O2/c1-12-6-8-7-14(13-11(8)16)9-3-2-4-10(15)5-9/h2-5,7,12,15H,6H2,1H3,(H,13,16). The summed E-state index contributed by atoms with van der Waals surface area (Å²) >= 11 is 0. The van der Waals surface area contributed by atoms with Gasteiger partial charge in [0.05, 0.1) is 11.3 Å². The van der Waals surface area contributed by atoms with Gasteiger partial charge in [-0.05, 0) is 19.2 Å². The summed E-state index contributed by atoms with van der Waals surface area (Å²) in [6, 6.07) is 6.69. The van der Waals surface area contributed by atoms with E-state index in [2.05, 4.69) is 10.4 Å². The maximum atomic E-state index is 11.5. The first-order valence-corrected chi connectivity index (χ1v) is 4.95. The van der Waals surface area contributed by atoms with Crippen LogP contribution in [0, 0.1) is 0 Å². The van der Waals surface area contributed by atoms with Gasteiger partial charge in [-0.25, -0.2) is 0 Å². The lowest BCUT2D eigenvalue weighted by molar-refractivity contribution is 0.475. The fraction of sp³-hybridized carbons (Fsp3) is 0.182. The lowest BCUT2D eigenvalue weighted by Crippen LogP contribution is -2.13. The van der Waals surface area contributed by atoms with Gasteiger partial charge < -0.3 is 10.4 Å². The highest BCUT2D eigenvalue weighted by atomic mass is 16.3. The lowest BCUT2D eigenvalue weighted by atomic mass is 10.3. The minimum absolute atomic E-state index is 0.127. The van der Waals surface area contributed by atoms with Gasteiger partial charge in [-0.2, -0.15) is 0 Å². The summed E-state index contributed by atoms with van der Waals surface area (Å²) in [7, 11) is 1.78. The SMILES string of the molecule is CNCc1cn(-c2cccc(O)c2)[nH]c1=O. The molecule has 16 heavy (non-hydrogen) atoms. The summed E-state index contributed by atoms with van der Waals surface area (Å²) in [4.78, 5) is 11.5. The van der Waals surface area contributed by atoms with Crippen molar-refractivity contribution < 1.29 is 5.11 Å². The molecule has 3 N–H and O–H groups in total. The van der Waals surface area contributed by atoms with Gasteiger partial charge in [0.1, 0.15) is 5.75 Å². The van der Waals surface area contributed by atoms with E-state index >= 15 is 0 Å². The molecular formula is C11H13N3O2. The number of rotatable bonds is 3. The summed E-state index contributed by atoms with van der Waals surface area (Å²) in [5.74, 6) is 0.169. The maximum Gasteiger partial charge on any atom is 0.268 e. The first-order chi connectivity index (χ1) is 7.70. The number of phenolic OH excluding ortho intramolecular Hbond substituents is 1. The quantitative estimate of drug-likeness (QED) is 0.707. The zero-order valence-electron chi connectivity index (χ0n) is 8.90. The molecule has 1 aromatic carbocycles. The highest BCUT2D eigenvalue weighted by Gasteiger charge is 2.04. The van der Waals surface area contributed by atoms with Gasteiger partial charge in [0, 0.05) is 18.8 Å². The first kappa shape index (κ1) is 10.5. The number of aromatic hydroxyl groups is 1. The molecule has 0 amide bonds. The van der Waals surface area contributed by atoms with E-state index in [-0.39, 0.29) is 11.3 Å². The molecule has 0 fully saturated rings. The van der Waals surface area contributed by atoms with Gasteiger partial charge in [-0.3, -0.25) is 14.6 Å². The Morgan fingerprint density at radius 3 is 3.00 bits per heavy atom. The molecule has 0 radical (unpaired) electrons. The van der Waals surface area contributed by atoms with Crippen molar-refractivity contribution in [3.8, 4) is 11.4 Å². The van der Waals surface area contributed by atoms with Crippen LogP contribution < -0.4 is 10.9 Å². The lowest BCUT2D eigenvalue weighted by Gasteiger charge is -2.01. The van der Waals surface area contributed by atoms with Crippen molar-refractivity contribution in [3.05, 3.63) is 46.4 Å². The number of nitrogens with zero attached hydrogens (tertiary/aromatic N) is 1. The Morgan fingerprint density at radius 2 is 2.31 bits per heavy atom. The highest BCUT2D eigenvalue weighted by Crippen LogP contribution is 2.13. The number of aromatic amines is 1. The second kappa shape index (κ2) is 4.24. The molecule has 0 aliphatic carbocycles. The van der Waals surface area contributed by atoms with E-state index < -0.39 is 0 Å². The summed E-state index contributed by atoms with van der Waals surface area (Å²) in [5.41, 5.74) is 1.25. The van der Waals surface area contributed by atoms with Crippen LogP contribution in [-0.2, 0) is 6.54 Å². The maximum absolute atomic E-state index is 11.5. The Labute approximate surface area is 92.3 Å². The van der Waals surface area contributed by atoms with E-state index in [9.17, 15) is 9.90 Å². The van der Waals surface area contributed by atoms with Crippen molar-refractivity contribution in [1.29, 1.82) is 0 Å². The Balaban J connectivity index is 2.41. The molecule has 1 heterocycles. The van der Waals surface area contributed by atoms with Gasteiger partial charge in [-0.1, -0.05) is 6.07 Å². The van der Waals surface area contributed by atoms with Crippen LogP contribution in [0.2, 0.25) is 0 Å². The molecular weight excluding hydrogens is 206 g/mol. The molecule has 0 saturated heterocycles. The van der Waals surface area contributed by atoms with E-state index in [1.807, 2.05) is 0 Å². The monoisotopic (exact) mass is 219 g/mol. The van der Waals surface area contributed by atoms with Gasteiger partial charge >= 0.3 is 0 Å². The first-order valence-electron chi connectivity index (χ1n) is 4.95.